The Morgan fingerprint density at radius 1 is 1.00 bits per heavy atom. The van der Waals surface area contributed by atoms with Crippen LogP contribution in [-0.2, 0) is 4.74 Å². The van der Waals surface area contributed by atoms with E-state index in [9.17, 15) is 0 Å². The molecule has 1 saturated heterocycles. The van der Waals surface area contributed by atoms with Crippen LogP contribution >= 0.6 is 23.2 Å². The van der Waals surface area contributed by atoms with Crippen LogP contribution in [0.1, 0.15) is 18.4 Å². The Hall–Kier alpha value is -2.67. The topological polar surface area (TPSA) is 64.9 Å². The van der Waals surface area contributed by atoms with Gasteiger partial charge in [-0.25, -0.2) is 9.97 Å². The van der Waals surface area contributed by atoms with Crippen molar-refractivity contribution >= 4 is 40.2 Å². The zero-order chi connectivity index (χ0) is 21.4. The largest absolute Gasteiger partial charge is 0.381 e. The lowest BCUT2D eigenvalue weighted by Crippen LogP contribution is -2.28. The third-order valence-corrected chi connectivity index (χ3v) is 6.15. The number of nitrogens with zero attached hydrogens (tertiary/aromatic N) is 4. The zero-order valence-corrected chi connectivity index (χ0v) is 18.5. The molecule has 158 valence electrons. The summed E-state index contributed by atoms with van der Waals surface area (Å²) in [5.74, 6) is 2.08. The second-order valence-corrected chi connectivity index (χ2v) is 8.48. The first-order chi connectivity index (χ1) is 15.1. The van der Waals surface area contributed by atoms with Crippen molar-refractivity contribution < 1.29 is 4.74 Å². The lowest BCUT2D eigenvalue weighted by Gasteiger charge is -2.23. The molecule has 0 atom stereocenters. The van der Waals surface area contributed by atoms with Crippen molar-refractivity contribution in [1.82, 2.24) is 19.5 Å². The van der Waals surface area contributed by atoms with Crippen LogP contribution < -0.4 is 5.32 Å². The molecule has 2 aromatic carbocycles. The van der Waals surface area contributed by atoms with Gasteiger partial charge in [-0.3, -0.25) is 4.57 Å². The van der Waals surface area contributed by atoms with Crippen molar-refractivity contribution in [3.8, 4) is 17.2 Å². The van der Waals surface area contributed by atoms with E-state index in [4.69, 9.17) is 37.9 Å². The van der Waals surface area contributed by atoms with E-state index in [1.165, 1.54) is 0 Å². The van der Waals surface area contributed by atoms with Gasteiger partial charge in [0.15, 0.2) is 0 Å². The van der Waals surface area contributed by atoms with Crippen LogP contribution in [0.2, 0.25) is 10.0 Å². The Kier molecular flexibility index (Phi) is 5.52. The van der Waals surface area contributed by atoms with Gasteiger partial charge in [-0.2, -0.15) is 4.98 Å². The molecule has 0 aliphatic carbocycles. The molecule has 0 unspecified atom stereocenters. The highest BCUT2D eigenvalue weighted by Crippen LogP contribution is 2.32. The molecule has 4 aromatic rings. The van der Waals surface area contributed by atoms with Gasteiger partial charge in [0.05, 0.1) is 21.1 Å². The van der Waals surface area contributed by atoms with Crippen LogP contribution in [0.25, 0.3) is 28.2 Å². The van der Waals surface area contributed by atoms with Crippen molar-refractivity contribution in [1.29, 1.82) is 0 Å². The monoisotopic (exact) mass is 453 g/mol. The van der Waals surface area contributed by atoms with E-state index >= 15 is 0 Å². The summed E-state index contributed by atoms with van der Waals surface area (Å²) in [5.41, 5.74) is 3.85. The number of aromatic nitrogens is 4. The van der Waals surface area contributed by atoms with Crippen LogP contribution in [0.15, 0.2) is 48.7 Å². The number of anilines is 1. The van der Waals surface area contributed by atoms with Crippen molar-refractivity contribution in [2.75, 3.05) is 18.5 Å². The van der Waals surface area contributed by atoms with Crippen LogP contribution in [0.5, 0.6) is 0 Å². The third-order valence-electron chi connectivity index (χ3n) is 5.41. The molecule has 0 spiro atoms. The molecule has 1 aliphatic rings. The van der Waals surface area contributed by atoms with Crippen LogP contribution in [0.4, 0.5) is 5.95 Å². The van der Waals surface area contributed by atoms with Gasteiger partial charge in [-0.1, -0.05) is 29.3 Å². The Bertz CT molecular complexity index is 1250. The van der Waals surface area contributed by atoms with E-state index in [2.05, 4.69) is 29.4 Å². The molecule has 1 fully saturated rings. The molecule has 3 heterocycles. The first-order valence-corrected chi connectivity index (χ1v) is 11.0. The average Bonchev–Trinajstić information content (AvgIpc) is 3.15. The second-order valence-electron chi connectivity index (χ2n) is 7.66. The van der Waals surface area contributed by atoms with E-state index < -0.39 is 0 Å². The van der Waals surface area contributed by atoms with Crippen LogP contribution in [0, 0.1) is 6.92 Å². The van der Waals surface area contributed by atoms with Gasteiger partial charge in [0.25, 0.3) is 0 Å². The predicted octanol–water partition coefficient (Wildman–Crippen LogP) is 5.69. The first-order valence-electron chi connectivity index (χ1n) is 10.2. The highest BCUT2D eigenvalue weighted by atomic mass is 35.5. The molecule has 0 saturated carbocycles. The predicted molar refractivity (Wildman–Crippen MR) is 124 cm³/mol. The number of hydrogen-bond acceptors (Lipinski definition) is 5. The number of aryl methyl sites for hydroxylation is 1. The highest BCUT2D eigenvalue weighted by Gasteiger charge is 2.18. The number of rotatable bonds is 4. The van der Waals surface area contributed by atoms with E-state index in [0.717, 1.165) is 59.9 Å². The standard InChI is InChI=1S/C23H21Cl2N5O/c1-14-2-5-19-20(12-14)30(22(28-19)15-3-4-17(24)18(25)13-15)21-6-9-26-23(29-21)27-16-7-10-31-11-8-16/h2-6,9,12-13,16H,7-8,10-11H2,1H3,(H,26,27,29). The molecule has 5 rings (SSSR count). The summed E-state index contributed by atoms with van der Waals surface area (Å²) in [6.07, 6.45) is 3.65. The fourth-order valence-corrected chi connectivity index (χ4v) is 4.11. The maximum Gasteiger partial charge on any atom is 0.224 e. The van der Waals surface area contributed by atoms with Gasteiger partial charge in [-0.15, -0.1) is 0 Å². The number of ether oxygens (including phenoxy) is 1. The van der Waals surface area contributed by atoms with E-state index in [0.29, 0.717) is 22.0 Å². The third kappa shape index (κ3) is 4.11. The summed E-state index contributed by atoms with van der Waals surface area (Å²) in [4.78, 5) is 14.1. The zero-order valence-electron chi connectivity index (χ0n) is 17.0. The number of nitrogens with one attached hydrogen (secondary N) is 1. The number of fused-ring (bicyclic) bond motifs is 1. The Morgan fingerprint density at radius 2 is 1.84 bits per heavy atom. The van der Waals surface area contributed by atoms with Crippen molar-refractivity contribution in [3.63, 3.8) is 0 Å². The average molecular weight is 454 g/mol. The van der Waals surface area contributed by atoms with Gasteiger partial charge < -0.3 is 10.1 Å². The number of hydrogen-bond donors (Lipinski definition) is 1. The van der Waals surface area contributed by atoms with E-state index in [1.807, 2.05) is 28.8 Å². The van der Waals surface area contributed by atoms with E-state index in [-0.39, 0.29) is 0 Å². The minimum atomic E-state index is 0.306. The summed E-state index contributed by atoms with van der Waals surface area (Å²) < 4.78 is 7.49. The first kappa shape index (κ1) is 20.2. The number of benzene rings is 2. The van der Waals surface area contributed by atoms with Crippen LogP contribution in [-0.4, -0.2) is 38.8 Å². The Balaban J connectivity index is 1.63. The minimum absolute atomic E-state index is 0.306. The quantitative estimate of drug-likeness (QED) is 0.429. The van der Waals surface area contributed by atoms with E-state index in [1.54, 1.807) is 12.3 Å². The van der Waals surface area contributed by atoms with Crippen molar-refractivity contribution in [3.05, 3.63) is 64.3 Å². The summed E-state index contributed by atoms with van der Waals surface area (Å²) >= 11 is 12.4. The molecule has 0 radical (unpaired) electrons. The smallest absolute Gasteiger partial charge is 0.224 e. The number of halogens is 2. The summed E-state index contributed by atoms with van der Waals surface area (Å²) in [6.45, 7) is 3.57. The summed E-state index contributed by atoms with van der Waals surface area (Å²) in [7, 11) is 0. The van der Waals surface area contributed by atoms with Gasteiger partial charge >= 0.3 is 0 Å². The summed E-state index contributed by atoms with van der Waals surface area (Å²) in [5, 5.41) is 4.44. The molecule has 8 heteroatoms. The highest BCUT2D eigenvalue weighted by molar-refractivity contribution is 6.42. The Morgan fingerprint density at radius 3 is 2.65 bits per heavy atom. The van der Waals surface area contributed by atoms with Crippen LogP contribution in [0.3, 0.4) is 0 Å². The molecule has 0 bridgehead atoms. The minimum Gasteiger partial charge on any atom is -0.381 e. The molecular formula is C23H21Cl2N5O. The van der Waals surface area contributed by atoms with Gasteiger partial charge in [0.2, 0.25) is 5.95 Å². The fraction of sp³-hybridized carbons (Fsp3) is 0.261. The normalized spacial score (nSPS) is 14.8. The maximum absolute atomic E-state index is 6.30. The summed E-state index contributed by atoms with van der Waals surface area (Å²) in [6, 6.07) is 13.9. The molecular weight excluding hydrogens is 433 g/mol. The fourth-order valence-electron chi connectivity index (χ4n) is 3.81. The molecule has 31 heavy (non-hydrogen) atoms. The molecule has 1 N–H and O–H groups in total. The SMILES string of the molecule is Cc1ccc2nc(-c3ccc(Cl)c(Cl)c3)n(-c3ccnc(NC4CCOCC4)n3)c2c1. The second kappa shape index (κ2) is 8.46. The molecule has 2 aromatic heterocycles. The van der Waals surface area contributed by atoms with Gasteiger partial charge in [0, 0.05) is 31.0 Å². The van der Waals surface area contributed by atoms with Gasteiger partial charge in [-0.05, 0) is 61.7 Å². The van der Waals surface area contributed by atoms with Crippen molar-refractivity contribution in [2.24, 2.45) is 0 Å². The lowest BCUT2D eigenvalue weighted by molar-refractivity contribution is 0.0903. The number of imidazole rings is 1. The Labute approximate surface area is 190 Å². The lowest BCUT2D eigenvalue weighted by atomic mass is 10.1. The maximum atomic E-state index is 6.30. The molecule has 6 nitrogen and oxygen atoms in total. The van der Waals surface area contributed by atoms with Gasteiger partial charge in [0.1, 0.15) is 11.6 Å². The molecule has 0 amide bonds. The van der Waals surface area contributed by atoms with Crippen molar-refractivity contribution in [2.45, 2.75) is 25.8 Å². The molecule has 1 aliphatic heterocycles.